The third-order valence-corrected chi connectivity index (χ3v) is 2.75. The van der Waals surface area contributed by atoms with Crippen LogP contribution in [0.25, 0.3) is 0 Å². The van der Waals surface area contributed by atoms with Gasteiger partial charge in [-0.25, -0.2) is 9.18 Å². The van der Waals surface area contributed by atoms with Crippen molar-refractivity contribution in [1.29, 1.82) is 0 Å². The van der Waals surface area contributed by atoms with Crippen LogP contribution in [0, 0.1) is 5.82 Å². The minimum atomic E-state index is -1.12. The summed E-state index contributed by atoms with van der Waals surface area (Å²) in [6.07, 6.45) is 0. The molecule has 1 N–H and O–H groups in total. The highest BCUT2D eigenvalue weighted by Gasteiger charge is 2.12. The second-order valence-corrected chi connectivity index (χ2v) is 4.05. The third-order valence-electron chi connectivity index (χ3n) is 2.75. The molecule has 0 unspecified atom stereocenters. The Morgan fingerprint density at radius 3 is 2.55 bits per heavy atom. The van der Waals surface area contributed by atoms with Gasteiger partial charge in [0.05, 0.1) is 12.7 Å². The fraction of sp³-hybridized carbons (Fsp3) is 0.133. The maximum atomic E-state index is 13.2. The standard InChI is InChI=1S/C15H13FO4/c1-19-13-4-2-3-5-14(13)20-9-10-8-11(16)6-7-12(10)15(17)18/h2-8H,9H2,1H3,(H,17,18). The molecule has 2 rings (SSSR count). The number of aromatic carboxylic acids is 1. The molecule has 104 valence electrons. The molecule has 20 heavy (non-hydrogen) atoms. The molecule has 0 heterocycles. The molecular formula is C15H13FO4. The number of carboxylic acids is 1. The summed E-state index contributed by atoms with van der Waals surface area (Å²) in [4.78, 5) is 11.1. The molecule has 2 aromatic rings. The summed E-state index contributed by atoms with van der Waals surface area (Å²) in [6, 6.07) is 10.4. The predicted molar refractivity (Wildman–Crippen MR) is 70.7 cm³/mol. The largest absolute Gasteiger partial charge is 0.493 e. The average Bonchev–Trinajstić information content (AvgIpc) is 2.45. The fourth-order valence-electron chi connectivity index (χ4n) is 1.78. The average molecular weight is 276 g/mol. The molecule has 4 nitrogen and oxygen atoms in total. The van der Waals surface area contributed by atoms with Gasteiger partial charge in [-0.1, -0.05) is 12.1 Å². The normalized spacial score (nSPS) is 10.1. The number of para-hydroxylation sites is 2. The second kappa shape index (κ2) is 6.06. The Morgan fingerprint density at radius 1 is 1.20 bits per heavy atom. The first-order valence-electron chi connectivity index (χ1n) is 5.89. The second-order valence-electron chi connectivity index (χ2n) is 4.05. The van der Waals surface area contributed by atoms with Crippen LogP contribution >= 0.6 is 0 Å². The van der Waals surface area contributed by atoms with Gasteiger partial charge in [0.1, 0.15) is 12.4 Å². The van der Waals surface area contributed by atoms with Crippen molar-refractivity contribution >= 4 is 5.97 Å². The Bertz CT molecular complexity index is 625. The van der Waals surface area contributed by atoms with Gasteiger partial charge in [0, 0.05) is 5.56 Å². The zero-order chi connectivity index (χ0) is 14.5. The summed E-state index contributed by atoms with van der Waals surface area (Å²) < 4.78 is 23.8. The molecule has 0 atom stereocenters. The number of carbonyl (C=O) groups is 1. The van der Waals surface area contributed by atoms with Gasteiger partial charge in [-0.05, 0) is 30.3 Å². The number of rotatable bonds is 5. The zero-order valence-corrected chi connectivity index (χ0v) is 10.8. The van der Waals surface area contributed by atoms with Crippen LogP contribution in [-0.4, -0.2) is 18.2 Å². The molecule has 0 amide bonds. The van der Waals surface area contributed by atoms with Gasteiger partial charge in [-0.3, -0.25) is 0 Å². The van der Waals surface area contributed by atoms with Crippen LogP contribution in [0.4, 0.5) is 4.39 Å². The molecule has 0 aliphatic heterocycles. The Labute approximate surface area is 115 Å². The van der Waals surface area contributed by atoms with Crippen molar-refractivity contribution in [3.05, 3.63) is 59.4 Å². The van der Waals surface area contributed by atoms with Crippen LogP contribution in [-0.2, 0) is 6.61 Å². The quantitative estimate of drug-likeness (QED) is 0.911. The summed E-state index contributed by atoms with van der Waals surface area (Å²) in [5.74, 6) is -0.631. The number of ether oxygens (including phenoxy) is 2. The maximum Gasteiger partial charge on any atom is 0.336 e. The highest BCUT2D eigenvalue weighted by Crippen LogP contribution is 2.27. The fourth-order valence-corrected chi connectivity index (χ4v) is 1.78. The van der Waals surface area contributed by atoms with Crippen molar-refractivity contribution in [3.8, 4) is 11.5 Å². The predicted octanol–water partition coefficient (Wildman–Crippen LogP) is 3.11. The molecule has 0 fully saturated rings. The highest BCUT2D eigenvalue weighted by atomic mass is 19.1. The number of carboxylic acid groups (broad SMARTS) is 1. The van der Waals surface area contributed by atoms with Crippen molar-refractivity contribution in [1.82, 2.24) is 0 Å². The lowest BCUT2D eigenvalue weighted by atomic mass is 10.1. The van der Waals surface area contributed by atoms with Crippen molar-refractivity contribution in [2.45, 2.75) is 6.61 Å². The van der Waals surface area contributed by atoms with E-state index in [0.717, 1.165) is 12.1 Å². The highest BCUT2D eigenvalue weighted by molar-refractivity contribution is 5.89. The van der Waals surface area contributed by atoms with Gasteiger partial charge in [0.25, 0.3) is 0 Å². The number of hydrogen-bond donors (Lipinski definition) is 1. The Balaban J connectivity index is 2.22. The molecule has 0 spiro atoms. The summed E-state index contributed by atoms with van der Waals surface area (Å²) in [5, 5.41) is 9.05. The van der Waals surface area contributed by atoms with Gasteiger partial charge in [-0.15, -0.1) is 0 Å². The van der Waals surface area contributed by atoms with Crippen molar-refractivity contribution in [2.24, 2.45) is 0 Å². The minimum Gasteiger partial charge on any atom is -0.493 e. The van der Waals surface area contributed by atoms with Crippen LogP contribution in [0.3, 0.4) is 0 Å². The smallest absolute Gasteiger partial charge is 0.336 e. The van der Waals surface area contributed by atoms with Crippen LogP contribution in [0.15, 0.2) is 42.5 Å². The first kappa shape index (κ1) is 13.9. The van der Waals surface area contributed by atoms with Gasteiger partial charge in [-0.2, -0.15) is 0 Å². The van der Waals surface area contributed by atoms with E-state index in [4.69, 9.17) is 14.6 Å². The summed E-state index contributed by atoms with van der Waals surface area (Å²) in [6.45, 7) is -0.0558. The van der Waals surface area contributed by atoms with Crippen molar-refractivity contribution in [3.63, 3.8) is 0 Å². The molecule has 0 aliphatic rings. The van der Waals surface area contributed by atoms with Gasteiger partial charge in [0.2, 0.25) is 0 Å². The van der Waals surface area contributed by atoms with E-state index in [1.54, 1.807) is 24.3 Å². The van der Waals surface area contributed by atoms with E-state index in [2.05, 4.69) is 0 Å². The zero-order valence-electron chi connectivity index (χ0n) is 10.8. The molecule has 0 saturated heterocycles. The Kier molecular flexibility index (Phi) is 4.20. The molecule has 0 bridgehead atoms. The lowest BCUT2D eigenvalue weighted by Gasteiger charge is -2.11. The SMILES string of the molecule is COc1ccccc1OCc1cc(F)ccc1C(=O)O. The van der Waals surface area contributed by atoms with Crippen LogP contribution < -0.4 is 9.47 Å². The molecule has 2 aromatic carbocycles. The Hall–Kier alpha value is -2.56. The van der Waals surface area contributed by atoms with Crippen molar-refractivity contribution < 1.29 is 23.8 Å². The van der Waals surface area contributed by atoms with Crippen molar-refractivity contribution in [2.75, 3.05) is 7.11 Å². The lowest BCUT2D eigenvalue weighted by molar-refractivity contribution is 0.0694. The first-order chi connectivity index (χ1) is 9.61. The van der Waals surface area contributed by atoms with E-state index in [1.165, 1.54) is 13.2 Å². The minimum absolute atomic E-state index is 0.0151. The molecule has 0 aromatic heterocycles. The van der Waals surface area contributed by atoms with E-state index in [0.29, 0.717) is 11.5 Å². The van der Waals surface area contributed by atoms with Gasteiger partial charge < -0.3 is 14.6 Å². The number of methoxy groups -OCH3 is 1. The number of halogens is 1. The topological polar surface area (TPSA) is 55.8 Å². The van der Waals surface area contributed by atoms with E-state index in [-0.39, 0.29) is 17.7 Å². The molecular weight excluding hydrogens is 263 g/mol. The number of benzene rings is 2. The van der Waals surface area contributed by atoms with Gasteiger partial charge >= 0.3 is 5.97 Å². The van der Waals surface area contributed by atoms with E-state index in [1.807, 2.05) is 0 Å². The van der Waals surface area contributed by atoms with Gasteiger partial charge in [0.15, 0.2) is 11.5 Å². The van der Waals surface area contributed by atoms with Crippen LogP contribution in [0.1, 0.15) is 15.9 Å². The molecule has 0 radical (unpaired) electrons. The third kappa shape index (κ3) is 3.06. The van der Waals surface area contributed by atoms with Crippen LogP contribution in [0.2, 0.25) is 0 Å². The number of hydrogen-bond acceptors (Lipinski definition) is 3. The summed E-state index contributed by atoms with van der Waals surface area (Å²) >= 11 is 0. The molecule has 0 saturated carbocycles. The Morgan fingerprint density at radius 2 is 1.90 bits per heavy atom. The summed E-state index contributed by atoms with van der Waals surface area (Å²) in [7, 11) is 1.51. The lowest BCUT2D eigenvalue weighted by Crippen LogP contribution is -2.06. The monoisotopic (exact) mass is 276 g/mol. The molecule has 0 aliphatic carbocycles. The summed E-state index contributed by atoms with van der Waals surface area (Å²) in [5.41, 5.74) is 0.282. The van der Waals surface area contributed by atoms with E-state index < -0.39 is 11.8 Å². The van der Waals surface area contributed by atoms with E-state index >= 15 is 0 Å². The maximum absolute atomic E-state index is 13.2. The van der Waals surface area contributed by atoms with Crippen LogP contribution in [0.5, 0.6) is 11.5 Å². The first-order valence-corrected chi connectivity index (χ1v) is 5.89. The van der Waals surface area contributed by atoms with E-state index in [9.17, 15) is 9.18 Å². The molecule has 5 heteroatoms.